The van der Waals surface area contributed by atoms with E-state index in [9.17, 15) is 13.2 Å². The van der Waals surface area contributed by atoms with Crippen LogP contribution >= 0.6 is 0 Å². The molecule has 1 amide bonds. The Morgan fingerprint density at radius 2 is 1.61 bits per heavy atom. The Morgan fingerprint density at radius 3 is 2.21 bits per heavy atom. The van der Waals surface area contributed by atoms with E-state index in [4.69, 9.17) is 14.2 Å². The van der Waals surface area contributed by atoms with Gasteiger partial charge in [-0.1, -0.05) is 0 Å². The number of nitrogens with one attached hydrogen (secondary N) is 1. The molecule has 9 nitrogen and oxygen atoms in total. The van der Waals surface area contributed by atoms with Gasteiger partial charge >= 0.3 is 0 Å². The van der Waals surface area contributed by atoms with Gasteiger partial charge in [0.1, 0.15) is 0 Å². The average molecular weight is 418 g/mol. The maximum atomic E-state index is 13.0. The molecule has 0 saturated carbocycles. The third-order valence-corrected chi connectivity index (χ3v) is 8.34. The summed E-state index contributed by atoms with van der Waals surface area (Å²) in [6.45, 7) is 4.06. The van der Waals surface area contributed by atoms with Gasteiger partial charge in [0.05, 0.1) is 19.3 Å². The fourth-order valence-electron chi connectivity index (χ4n) is 4.52. The number of rotatable bonds is 5. The van der Waals surface area contributed by atoms with E-state index in [-0.39, 0.29) is 17.9 Å². The molecular formula is C18H31N3O6S. The van der Waals surface area contributed by atoms with Crippen LogP contribution in [0.4, 0.5) is 0 Å². The summed E-state index contributed by atoms with van der Waals surface area (Å²) in [5, 5.41) is 2.97. The predicted molar refractivity (Wildman–Crippen MR) is 101 cm³/mol. The van der Waals surface area contributed by atoms with E-state index in [0.717, 1.165) is 19.4 Å². The van der Waals surface area contributed by atoms with E-state index >= 15 is 0 Å². The molecule has 4 fully saturated rings. The van der Waals surface area contributed by atoms with Crippen LogP contribution in [-0.4, -0.2) is 87.4 Å². The molecule has 4 saturated heterocycles. The molecule has 4 heterocycles. The van der Waals surface area contributed by atoms with Gasteiger partial charge < -0.3 is 19.5 Å². The Kier molecular flexibility index (Phi) is 6.24. The van der Waals surface area contributed by atoms with Crippen LogP contribution in [0.25, 0.3) is 0 Å². The first-order valence-electron chi connectivity index (χ1n) is 10.4. The van der Waals surface area contributed by atoms with Crippen molar-refractivity contribution in [2.45, 2.75) is 50.4 Å². The van der Waals surface area contributed by atoms with Crippen molar-refractivity contribution in [1.29, 1.82) is 0 Å². The highest BCUT2D eigenvalue weighted by Gasteiger charge is 2.44. The van der Waals surface area contributed by atoms with Crippen LogP contribution in [0, 0.1) is 5.92 Å². The van der Waals surface area contributed by atoms with E-state index in [1.165, 1.54) is 8.61 Å². The molecule has 0 aromatic carbocycles. The number of carbonyl (C=O) groups is 1. The number of ether oxygens (including phenoxy) is 3. The van der Waals surface area contributed by atoms with Crippen molar-refractivity contribution < 1.29 is 27.4 Å². The van der Waals surface area contributed by atoms with Gasteiger partial charge in [-0.15, -0.1) is 0 Å². The highest BCUT2D eigenvalue weighted by molar-refractivity contribution is 7.86. The molecule has 0 radical (unpaired) electrons. The molecular weight excluding hydrogens is 386 g/mol. The number of carbonyl (C=O) groups excluding carboxylic acids is 1. The molecule has 1 spiro atoms. The molecule has 0 aromatic rings. The van der Waals surface area contributed by atoms with Gasteiger partial charge in [-0.3, -0.25) is 4.79 Å². The summed E-state index contributed by atoms with van der Waals surface area (Å²) in [7, 11) is -3.50. The fraction of sp³-hybridized carbons (Fsp3) is 0.944. The summed E-state index contributed by atoms with van der Waals surface area (Å²) in [6, 6.07) is 0. The van der Waals surface area contributed by atoms with Crippen molar-refractivity contribution in [3.05, 3.63) is 0 Å². The number of hydrogen-bond acceptors (Lipinski definition) is 6. The highest BCUT2D eigenvalue weighted by atomic mass is 32.2. The smallest absolute Gasteiger partial charge is 0.281 e. The third-order valence-electron chi connectivity index (χ3n) is 6.30. The molecule has 10 heteroatoms. The first-order valence-corrected chi connectivity index (χ1v) is 11.8. The van der Waals surface area contributed by atoms with E-state index in [0.29, 0.717) is 71.6 Å². The van der Waals surface area contributed by atoms with Crippen molar-refractivity contribution in [2.75, 3.05) is 52.5 Å². The average Bonchev–Trinajstić information content (AvgIpc) is 3.39. The molecule has 1 unspecified atom stereocenters. The van der Waals surface area contributed by atoms with Gasteiger partial charge in [-0.25, -0.2) is 0 Å². The second-order valence-corrected chi connectivity index (χ2v) is 10.00. The summed E-state index contributed by atoms with van der Waals surface area (Å²) in [4.78, 5) is 12.4. The topological polar surface area (TPSA) is 97.4 Å². The zero-order valence-corrected chi connectivity index (χ0v) is 17.1. The number of amides is 1. The molecule has 1 N–H and O–H groups in total. The maximum Gasteiger partial charge on any atom is 0.281 e. The predicted octanol–water partition coefficient (Wildman–Crippen LogP) is 0.0773. The second kappa shape index (κ2) is 8.53. The maximum absolute atomic E-state index is 13.0. The Hall–Kier alpha value is -0.780. The van der Waals surface area contributed by atoms with Crippen LogP contribution in [0.3, 0.4) is 0 Å². The van der Waals surface area contributed by atoms with Crippen LogP contribution in [0.2, 0.25) is 0 Å². The lowest BCUT2D eigenvalue weighted by Gasteiger charge is -2.40. The van der Waals surface area contributed by atoms with Gasteiger partial charge in [-0.05, 0) is 25.7 Å². The first kappa shape index (κ1) is 20.5. The van der Waals surface area contributed by atoms with Crippen LogP contribution in [0.1, 0.15) is 38.5 Å². The Bertz CT molecular complexity index is 642. The molecule has 4 aliphatic heterocycles. The molecule has 0 aromatic heterocycles. The number of nitrogens with zero attached hydrogens (tertiary/aromatic N) is 2. The van der Waals surface area contributed by atoms with E-state index < -0.39 is 16.0 Å². The highest BCUT2D eigenvalue weighted by Crippen LogP contribution is 2.33. The summed E-state index contributed by atoms with van der Waals surface area (Å²) in [5.74, 6) is -0.694. The number of hydrogen-bond donors (Lipinski definition) is 1. The zero-order valence-electron chi connectivity index (χ0n) is 16.3. The molecule has 4 aliphatic rings. The molecule has 1 atom stereocenters. The van der Waals surface area contributed by atoms with Crippen LogP contribution in [-0.2, 0) is 29.2 Å². The minimum Gasteiger partial charge on any atom is -0.376 e. The summed E-state index contributed by atoms with van der Waals surface area (Å²) in [5.41, 5.74) is 0. The quantitative estimate of drug-likeness (QED) is 0.680. The fourth-order valence-corrected chi connectivity index (χ4v) is 6.16. The van der Waals surface area contributed by atoms with Gasteiger partial charge in [0.25, 0.3) is 10.2 Å². The minimum atomic E-state index is -3.50. The SMILES string of the molecule is O=C(NCC1CCCO1)C1CCN(S(=O)(=O)N2CCC3(CC2)OCCO3)CC1. The van der Waals surface area contributed by atoms with Crippen LogP contribution < -0.4 is 5.32 Å². The molecule has 0 bridgehead atoms. The van der Waals surface area contributed by atoms with Crippen molar-refractivity contribution in [2.24, 2.45) is 5.92 Å². The van der Waals surface area contributed by atoms with Crippen LogP contribution in [0.5, 0.6) is 0 Å². The largest absolute Gasteiger partial charge is 0.376 e. The van der Waals surface area contributed by atoms with Gasteiger partial charge in [-0.2, -0.15) is 17.0 Å². The first-order chi connectivity index (χ1) is 13.5. The summed E-state index contributed by atoms with van der Waals surface area (Å²) >= 11 is 0. The van der Waals surface area contributed by atoms with Crippen molar-refractivity contribution >= 4 is 16.1 Å². The molecule has 160 valence electrons. The van der Waals surface area contributed by atoms with E-state index in [1.807, 2.05) is 0 Å². The van der Waals surface area contributed by atoms with Gasteiger partial charge in [0.2, 0.25) is 5.91 Å². The lowest BCUT2D eigenvalue weighted by Crippen LogP contribution is -2.53. The van der Waals surface area contributed by atoms with Crippen molar-refractivity contribution in [3.63, 3.8) is 0 Å². The van der Waals surface area contributed by atoms with Crippen molar-refractivity contribution in [1.82, 2.24) is 13.9 Å². The molecule has 4 rings (SSSR count). The lowest BCUT2D eigenvalue weighted by atomic mass is 9.97. The Balaban J connectivity index is 1.24. The second-order valence-electron chi connectivity index (χ2n) is 8.07. The molecule has 28 heavy (non-hydrogen) atoms. The van der Waals surface area contributed by atoms with Gasteiger partial charge in [0, 0.05) is 58.1 Å². The van der Waals surface area contributed by atoms with E-state index in [1.54, 1.807) is 0 Å². The van der Waals surface area contributed by atoms with Crippen molar-refractivity contribution in [3.8, 4) is 0 Å². The van der Waals surface area contributed by atoms with Gasteiger partial charge in [0.15, 0.2) is 5.79 Å². The number of piperidine rings is 2. The Morgan fingerprint density at radius 1 is 0.964 bits per heavy atom. The van der Waals surface area contributed by atoms with E-state index in [2.05, 4.69) is 5.32 Å². The standard InChI is InChI=1S/C18H31N3O6S/c22-17(19-14-16-2-1-11-25-16)15-3-7-20(8-4-15)28(23,24)21-9-5-18(6-10-21)26-12-13-27-18/h15-16H,1-14H2,(H,19,22). The third kappa shape index (κ3) is 4.36. The monoisotopic (exact) mass is 417 g/mol. The minimum absolute atomic E-state index is 0.0167. The lowest BCUT2D eigenvalue weighted by molar-refractivity contribution is -0.179. The Labute approximate surface area is 166 Å². The van der Waals surface area contributed by atoms with Crippen LogP contribution in [0.15, 0.2) is 0 Å². The normalized spacial score (nSPS) is 30.1. The summed E-state index contributed by atoms with van der Waals surface area (Å²) in [6.07, 6.45) is 4.40. The zero-order chi connectivity index (χ0) is 19.6. The molecule has 0 aliphatic carbocycles. The summed E-state index contributed by atoms with van der Waals surface area (Å²) < 4.78 is 45.9.